The van der Waals surface area contributed by atoms with Gasteiger partial charge in [0.2, 0.25) is 11.8 Å². The minimum atomic E-state index is 0. The van der Waals surface area contributed by atoms with Crippen LogP contribution in [-0.2, 0) is 16.1 Å². The number of hydrogen-bond donors (Lipinski definition) is 2. The monoisotopic (exact) mass is 556 g/mol. The van der Waals surface area contributed by atoms with Gasteiger partial charge in [0, 0.05) is 52.4 Å². The molecule has 2 aromatic rings. The van der Waals surface area contributed by atoms with Crippen molar-refractivity contribution in [1.82, 2.24) is 25.4 Å². The first kappa shape index (κ1) is 26.1. The molecule has 1 amide bonds. The fraction of sp³-hybridized carbons (Fsp3) is 0.500. The second kappa shape index (κ2) is 13.4. The van der Waals surface area contributed by atoms with Gasteiger partial charge in [0.05, 0.1) is 25.9 Å². The van der Waals surface area contributed by atoms with Gasteiger partial charge < -0.3 is 24.7 Å². The summed E-state index contributed by atoms with van der Waals surface area (Å²) in [4.78, 5) is 25.1. The van der Waals surface area contributed by atoms with Gasteiger partial charge in [-0.15, -0.1) is 24.0 Å². The molecule has 0 radical (unpaired) electrons. The zero-order valence-electron chi connectivity index (χ0n) is 19.0. The van der Waals surface area contributed by atoms with E-state index < -0.39 is 0 Å². The Balaban J connectivity index is 0.00000363. The number of benzene rings is 1. The van der Waals surface area contributed by atoms with Crippen molar-refractivity contribution >= 4 is 35.8 Å². The zero-order chi connectivity index (χ0) is 22.1. The zero-order valence-corrected chi connectivity index (χ0v) is 21.3. The number of carbonyl (C=O) groups is 1. The summed E-state index contributed by atoms with van der Waals surface area (Å²) >= 11 is 0. The number of guanidine groups is 1. The number of aromatic nitrogens is 1. The first-order chi connectivity index (χ1) is 15.1. The number of piperazine rings is 1. The van der Waals surface area contributed by atoms with Crippen LogP contribution in [0, 0.1) is 6.92 Å². The van der Waals surface area contributed by atoms with Gasteiger partial charge >= 0.3 is 0 Å². The van der Waals surface area contributed by atoms with Crippen molar-refractivity contribution in [3.63, 3.8) is 0 Å². The van der Waals surface area contributed by atoms with Crippen molar-refractivity contribution in [3.8, 4) is 11.3 Å². The molecule has 1 aromatic heterocycles. The summed E-state index contributed by atoms with van der Waals surface area (Å²) in [5.41, 5.74) is 2.22. The van der Waals surface area contributed by atoms with Gasteiger partial charge in [-0.3, -0.25) is 14.7 Å². The predicted octanol–water partition coefficient (Wildman–Crippen LogP) is 1.72. The number of aliphatic imine (C=N–C) groups is 1. The van der Waals surface area contributed by atoms with Gasteiger partial charge in [0.25, 0.3) is 0 Å². The predicted molar refractivity (Wildman–Crippen MR) is 135 cm³/mol. The Bertz CT molecular complexity index is 863. The van der Waals surface area contributed by atoms with Crippen molar-refractivity contribution in [3.05, 3.63) is 41.9 Å². The van der Waals surface area contributed by atoms with Crippen LogP contribution < -0.4 is 10.6 Å². The van der Waals surface area contributed by atoms with Gasteiger partial charge in [0.1, 0.15) is 0 Å². The average molecular weight is 556 g/mol. The van der Waals surface area contributed by atoms with Crippen molar-refractivity contribution in [2.24, 2.45) is 4.99 Å². The summed E-state index contributed by atoms with van der Waals surface area (Å²) in [6.07, 6.45) is 1.75. The van der Waals surface area contributed by atoms with Crippen LogP contribution in [0.4, 0.5) is 0 Å². The Morgan fingerprint density at radius 2 is 1.91 bits per heavy atom. The molecule has 32 heavy (non-hydrogen) atoms. The number of hydrogen-bond acceptors (Lipinski definition) is 6. The molecule has 1 aliphatic rings. The number of ether oxygens (including phenoxy) is 1. The van der Waals surface area contributed by atoms with E-state index in [1.165, 1.54) is 5.56 Å². The number of oxazole rings is 1. The lowest BCUT2D eigenvalue weighted by Gasteiger charge is -2.36. The number of halogens is 1. The first-order valence-corrected chi connectivity index (χ1v) is 10.5. The summed E-state index contributed by atoms with van der Waals surface area (Å²) in [6.45, 7) is 7.18. The van der Waals surface area contributed by atoms with Crippen LogP contribution in [0.2, 0.25) is 0 Å². The molecule has 0 bridgehead atoms. The van der Waals surface area contributed by atoms with E-state index in [1.807, 2.05) is 12.1 Å². The molecule has 2 N–H and O–H groups in total. The number of nitrogens with one attached hydrogen (secondary N) is 2. The van der Waals surface area contributed by atoms with Crippen molar-refractivity contribution < 1.29 is 13.9 Å². The maximum Gasteiger partial charge on any atom is 0.234 e. The molecule has 0 aliphatic carbocycles. The number of nitrogens with zero attached hydrogens (tertiary/aromatic N) is 4. The van der Waals surface area contributed by atoms with E-state index in [1.54, 1.807) is 20.4 Å². The van der Waals surface area contributed by atoms with Crippen LogP contribution in [0.5, 0.6) is 0 Å². The molecular formula is C22H33IN6O3. The van der Waals surface area contributed by atoms with E-state index in [9.17, 15) is 4.79 Å². The van der Waals surface area contributed by atoms with Crippen LogP contribution in [0.25, 0.3) is 11.3 Å². The first-order valence-electron chi connectivity index (χ1n) is 10.5. The molecule has 10 heteroatoms. The van der Waals surface area contributed by atoms with E-state index in [0.29, 0.717) is 32.1 Å². The number of methoxy groups -OCH3 is 1. The second-order valence-corrected chi connectivity index (χ2v) is 7.49. The summed E-state index contributed by atoms with van der Waals surface area (Å²) in [5.74, 6) is 2.20. The topological polar surface area (TPSA) is 95.2 Å². The molecular weight excluding hydrogens is 523 g/mol. The van der Waals surface area contributed by atoms with Gasteiger partial charge in [-0.1, -0.05) is 29.8 Å². The molecule has 0 atom stereocenters. The number of carbonyl (C=O) groups excluding carboxylic acids is 1. The molecule has 0 spiro atoms. The third-order valence-corrected chi connectivity index (χ3v) is 5.17. The second-order valence-electron chi connectivity index (χ2n) is 7.49. The third kappa shape index (κ3) is 7.75. The van der Waals surface area contributed by atoms with E-state index >= 15 is 0 Å². The number of rotatable bonds is 8. The fourth-order valence-electron chi connectivity index (χ4n) is 3.40. The molecule has 9 nitrogen and oxygen atoms in total. The van der Waals surface area contributed by atoms with Crippen LogP contribution in [0.15, 0.2) is 39.9 Å². The van der Waals surface area contributed by atoms with E-state index in [0.717, 1.165) is 43.5 Å². The summed E-state index contributed by atoms with van der Waals surface area (Å²) in [7, 11) is 3.39. The summed E-state index contributed by atoms with van der Waals surface area (Å²) < 4.78 is 10.8. The Hall–Kier alpha value is -2.18. The highest BCUT2D eigenvalue weighted by Crippen LogP contribution is 2.20. The quantitative estimate of drug-likeness (QED) is 0.221. The molecule has 1 aliphatic heterocycles. The Kier molecular flexibility index (Phi) is 10.9. The Morgan fingerprint density at radius 3 is 2.56 bits per heavy atom. The minimum absolute atomic E-state index is 0. The molecule has 1 fully saturated rings. The standard InChI is InChI=1S/C22H32N6O3.HI/c1-17-4-6-18(7-5-17)19-14-25-21(31-19)15-26-22(23-2)28-11-9-27(10-12-28)16-20(29)24-8-13-30-3;/h4-7,14H,8-13,15-16H2,1-3H3,(H,23,26)(H,24,29);1H. The van der Waals surface area contributed by atoms with Gasteiger partial charge in [-0.25, -0.2) is 4.98 Å². The van der Waals surface area contributed by atoms with Crippen LogP contribution >= 0.6 is 24.0 Å². The molecule has 0 saturated carbocycles. The average Bonchev–Trinajstić information content (AvgIpc) is 3.25. The lowest BCUT2D eigenvalue weighted by atomic mass is 10.1. The van der Waals surface area contributed by atoms with E-state index in [2.05, 4.69) is 49.5 Å². The SMILES string of the molecule is CN=C(NCc1ncc(-c2ccc(C)cc2)o1)N1CCN(CC(=O)NCCOC)CC1.I. The number of amides is 1. The maximum absolute atomic E-state index is 12.0. The normalized spacial score (nSPS) is 14.7. The summed E-state index contributed by atoms with van der Waals surface area (Å²) in [6, 6.07) is 8.17. The maximum atomic E-state index is 12.0. The van der Waals surface area contributed by atoms with Gasteiger partial charge in [-0.2, -0.15) is 0 Å². The molecule has 3 rings (SSSR count). The Morgan fingerprint density at radius 1 is 1.19 bits per heavy atom. The largest absolute Gasteiger partial charge is 0.439 e. The smallest absolute Gasteiger partial charge is 0.234 e. The lowest BCUT2D eigenvalue weighted by Crippen LogP contribution is -2.54. The van der Waals surface area contributed by atoms with Gasteiger partial charge in [0.15, 0.2) is 11.7 Å². The minimum Gasteiger partial charge on any atom is -0.439 e. The van der Waals surface area contributed by atoms with Crippen molar-refractivity contribution in [2.45, 2.75) is 13.5 Å². The molecule has 176 valence electrons. The lowest BCUT2D eigenvalue weighted by molar-refractivity contribution is -0.122. The third-order valence-electron chi connectivity index (χ3n) is 5.17. The molecule has 1 aromatic carbocycles. The van der Waals surface area contributed by atoms with E-state index in [-0.39, 0.29) is 29.9 Å². The van der Waals surface area contributed by atoms with E-state index in [4.69, 9.17) is 9.15 Å². The highest BCUT2D eigenvalue weighted by atomic mass is 127. The number of aryl methyl sites for hydroxylation is 1. The highest BCUT2D eigenvalue weighted by Gasteiger charge is 2.21. The summed E-state index contributed by atoms with van der Waals surface area (Å²) in [5, 5.41) is 6.19. The van der Waals surface area contributed by atoms with Crippen LogP contribution in [0.1, 0.15) is 11.5 Å². The fourth-order valence-corrected chi connectivity index (χ4v) is 3.40. The Labute approximate surface area is 206 Å². The van der Waals surface area contributed by atoms with Gasteiger partial charge in [-0.05, 0) is 6.92 Å². The van der Waals surface area contributed by atoms with Crippen molar-refractivity contribution in [2.75, 3.05) is 60.0 Å². The van der Waals surface area contributed by atoms with Crippen LogP contribution in [0.3, 0.4) is 0 Å². The van der Waals surface area contributed by atoms with Crippen molar-refractivity contribution in [1.29, 1.82) is 0 Å². The molecule has 1 saturated heterocycles. The van der Waals surface area contributed by atoms with Crippen LogP contribution in [-0.4, -0.2) is 86.7 Å². The highest BCUT2D eigenvalue weighted by molar-refractivity contribution is 14.0. The molecule has 0 unspecified atom stereocenters. The molecule has 2 heterocycles.